The van der Waals surface area contributed by atoms with Gasteiger partial charge >= 0.3 is 0 Å². The highest BCUT2D eigenvalue weighted by molar-refractivity contribution is 7.93. The van der Waals surface area contributed by atoms with Gasteiger partial charge in [0, 0.05) is 30.0 Å². The highest BCUT2D eigenvalue weighted by Gasteiger charge is 2.28. The standard InChI is InChI=1S/C28H30ClN3O3S.ClH/c1-31(2)19-20-32(36(33,34)28-13-7-9-22-8-3-4-10-25(22)28)27-12-6-5-11-26(27)30-18-21-35-24-16-14-23(29)15-17-24;/h3-17,30H,18-21H2,1-2H3;1H. The van der Waals surface area contributed by atoms with Gasteiger partial charge in [0.2, 0.25) is 0 Å². The summed E-state index contributed by atoms with van der Waals surface area (Å²) in [5, 5.41) is 5.60. The summed E-state index contributed by atoms with van der Waals surface area (Å²) in [6.45, 7) is 1.77. The van der Waals surface area contributed by atoms with Gasteiger partial charge in [-0.1, -0.05) is 60.1 Å². The molecule has 0 fully saturated rings. The number of sulfonamides is 1. The molecule has 0 aliphatic heterocycles. The molecule has 0 atom stereocenters. The minimum Gasteiger partial charge on any atom is -0.492 e. The van der Waals surface area contributed by atoms with E-state index < -0.39 is 10.0 Å². The Hall–Kier alpha value is -2.97. The average Bonchev–Trinajstić information content (AvgIpc) is 2.88. The van der Waals surface area contributed by atoms with Crippen molar-refractivity contribution in [2.24, 2.45) is 0 Å². The zero-order valence-electron chi connectivity index (χ0n) is 20.8. The van der Waals surface area contributed by atoms with Crippen molar-refractivity contribution in [2.75, 3.05) is 50.0 Å². The number of nitrogens with zero attached hydrogens (tertiary/aromatic N) is 2. The highest BCUT2D eigenvalue weighted by Crippen LogP contribution is 2.33. The lowest BCUT2D eigenvalue weighted by molar-refractivity contribution is 0.333. The van der Waals surface area contributed by atoms with Crippen molar-refractivity contribution in [1.82, 2.24) is 4.90 Å². The van der Waals surface area contributed by atoms with Crippen molar-refractivity contribution >= 4 is 56.2 Å². The number of nitrogens with one attached hydrogen (secondary N) is 1. The fourth-order valence-electron chi connectivity index (χ4n) is 3.93. The van der Waals surface area contributed by atoms with Crippen LogP contribution in [0.3, 0.4) is 0 Å². The molecule has 0 aliphatic rings. The Labute approximate surface area is 230 Å². The van der Waals surface area contributed by atoms with Crippen LogP contribution in [0.5, 0.6) is 5.75 Å². The molecular weight excluding hydrogens is 529 g/mol. The first-order valence-electron chi connectivity index (χ1n) is 11.7. The molecule has 37 heavy (non-hydrogen) atoms. The lowest BCUT2D eigenvalue weighted by atomic mass is 10.1. The highest BCUT2D eigenvalue weighted by atomic mass is 35.5. The molecule has 4 aromatic carbocycles. The van der Waals surface area contributed by atoms with Crippen LogP contribution in [0.4, 0.5) is 11.4 Å². The molecule has 0 saturated carbocycles. The summed E-state index contributed by atoms with van der Waals surface area (Å²) >= 11 is 5.93. The Morgan fingerprint density at radius 1 is 0.838 bits per heavy atom. The zero-order chi connectivity index (χ0) is 25.5. The Bertz CT molecular complexity index is 1410. The molecule has 0 amide bonds. The predicted octanol–water partition coefficient (Wildman–Crippen LogP) is 6.16. The van der Waals surface area contributed by atoms with Crippen LogP contribution in [-0.2, 0) is 10.0 Å². The Balaban J connectivity index is 0.00000380. The van der Waals surface area contributed by atoms with Crippen LogP contribution in [0.25, 0.3) is 10.8 Å². The molecule has 0 bridgehead atoms. The van der Waals surface area contributed by atoms with Gasteiger partial charge < -0.3 is 15.0 Å². The molecule has 1 N–H and O–H groups in total. The van der Waals surface area contributed by atoms with Gasteiger partial charge in [0.1, 0.15) is 12.4 Å². The minimum absolute atomic E-state index is 0. The van der Waals surface area contributed by atoms with Crippen LogP contribution in [0.15, 0.2) is 95.9 Å². The lowest BCUT2D eigenvalue weighted by Gasteiger charge is -2.28. The van der Waals surface area contributed by atoms with Crippen molar-refractivity contribution in [3.8, 4) is 5.75 Å². The van der Waals surface area contributed by atoms with E-state index in [1.165, 1.54) is 4.31 Å². The number of ether oxygens (including phenoxy) is 1. The van der Waals surface area contributed by atoms with Crippen LogP contribution in [0.1, 0.15) is 0 Å². The Kier molecular flexibility index (Phi) is 10.1. The first-order valence-corrected chi connectivity index (χ1v) is 13.5. The molecule has 0 spiro atoms. The summed E-state index contributed by atoms with van der Waals surface area (Å²) in [4.78, 5) is 2.27. The molecule has 6 nitrogen and oxygen atoms in total. The van der Waals surface area contributed by atoms with Crippen LogP contribution in [-0.4, -0.2) is 53.7 Å². The second kappa shape index (κ2) is 13.0. The van der Waals surface area contributed by atoms with E-state index in [0.29, 0.717) is 47.2 Å². The van der Waals surface area contributed by atoms with Gasteiger partial charge in [-0.15, -0.1) is 12.4 Å². The fourth-order valence-corrected chi connectivity index (χ4v) is 5.74. The zero-order valence-corrected chi connectivity index (χ0v) is 23.2. The van der Waals surface area contributed by atoms with Crippen molar-refractivity contribution in [2.45, 2.75) is 4.90 Å². The molecule has 0 aromatic heterocycles. The van der Waals surface area contributed by atoms with E-state index in [0.717, 1.165) is 16.8 Å². The number of benzene rings is 4. The summed E-state index contributed by atoms with van der Waals surface area (Å²) < 4.78 is 35.5. The third-order valence-corrected chi connectivity index (χ3v) is 7.86. The molecule has 0 unspecified atom stereocenters. The predicted molar refractivity (Wildman–Crippen MR) is 156 cm³/mol. The molecule has 4 aromatic rings. The van der Waals surface area contributed by atoms with E-state index in [2.05, 4.69) is 5.32 Å². The molecule has 0 radical (unpaired) electrons. The van der Waals surface area contributed by atoms with Crippen LogP contribution in [0.2, 0.25) is 5.02 Å². The third kappa shape index (κ3) is 7.08. The maximum Gasteiger partial charge on any atom is 0.265 e. The molecule has 9 heteroatoms. The number of anilines is 2. The Morgan fingerprint density at radius 2 is 1.51 bits per heavy atom. The van der Waals surface area contributed by atoms with E-state index in [9.17, 15) is 8.42 Å². The summed E-state index contributed by atoms with van der Waals surface area (Å²) in [5.74, 6) is 0.723. The largest absolute Gasteiger partial charge is 0.492 e. The van der Waals surface area contributed by atoms with E-state index in [-0.39, 0.29) is 12.4 Å². The molecular formula is C28H31Cl2N3O3S. The van der Waals surface area contributed by atoms with Crippen molar-refractivity contribution in [3.05, 3.63) is 96.0 Å². The second-order valence-corrected chi connectivity index (χ2v) is 10.9. The summed E-state index contributed by atoms with van der Waals surface area (Å²) in [6.07, 6.45) is 0. The topological polar surface area (TPSA) is 61.9 Å². The number of rotatable bonds is 11. The first-order chi connectivity index (χ1) is 17.4. The van der Waals surface area contributed by atoms with Crippen molar-refractivity contribution in [1.29, 1.82) is 0 Å². The van der Waals surface area contributed by atoms with Gasteiger partial charge in [0.25, 0.3) is 10.0 Å². The fraction of sp³-hybridized carbons (Fsp3) is 0.214. The van der Waals surface area contributed by atoms with Gasteiger partial charge in [-0.25, -0.2) is 8.42 Å². The second-order valence-electron chi connectivity index (χ2n) is 8.60. The lowest BCUT2D eigenvalue weighted by Crippen LogP contribution is -2.37. The van der Waals surface area contributed by atoms with E-state index in [1.807, 2.05) is 85.7 Å². The number of fused-ring (bicyclic) bond motifs is 1. The van der Waals surface area contributed by atoms with Crippen molar-refractivity contribution in [3.63, 3.8) is 0 Å². The van der Waals surface area contributed by atoms with E-state index >= 15 is 0 Å². The minimum atomic E-state index is -3.85. The van der Waals surface area contributed by atoms with Crippen LogP contribution in [0, 0.1) is 0 Å². The average molecular weight is 561 g/mol. The monoisotopic (exact) mass is 559 g/mol. The number of halogens is 2. The molecule has 0 heterocycles. The maximum atomic E-state index is 14.1. The SMILES string of the molecule is CN(C)CCN(c1ccccc1NCCOc1ccc(Cl)cc1)S(=O)(=O)c1cccc2ccccc12.Cl. The maximum absolute atomic E-state index is 14.1. The summed E-state index contributed by atoms with van der Waals surface area (Å²) in [6, 6.07) is 27.6. The normalized spacial score (nSPS) is 11.2. The van der Waals surface area contributed by atoms with Gasteiger partial charge in [-0.3, -0.25) is 4.31 Å². The molecule has 196 valence electrons. The number of para-hydroxylation sites is 2. The van der Waals surface area contributed by atoms with Crippen LogP contribution < -0.4 is 14.4 Å². The number of likely N-dealkylation sites (N-methyl/N-ethyl adjacent to an activating group) is 1. The summed E-state index contributed by atoms with van der Waals surface area (Å²) in [7, 11) is 0.00940. The van der Waals surface area contributed by atoms with Crippen LogP contribution >= 0.6 is 24.0 Å². The molecule has 0 saturated heterocycles. The number of hydrogen-bond donors (Lipinski definition) is 1. The number of hydrogen-bond acceptors (Lipinski definition) is 5. The van der Waals surface area contributed by atoms with Gasteiger partial charge in [0.15, 0.2) is 0 Å². The Morgan fingerprint density at radius 3 is 2.27 bits per heavy atom. The van der Waals surface area contributed by atoms with Gasteiger partial charge in [-0.05, 0) is 61.9 Å². The smallest absolute Gasteiger partial charge is 0.265 e. The van der Waals surface area contributed by atoms with Crippen molar-refractivity contribution < 1.29 is 13.2 Å². The molecule has 4 rings (SSSR count). The van der Waals surface area contributed by atoms with Gasteiger partial charge in [0.05, 0.1) is 16.3 Å². The molecule has 0 aliphatic carbocycles. The van der Waals surface area contributed by atoms with Gasteiger partial charge in [-0.2, -0.15) is 0 Å². The van der Waals surface area contributed by atoms with E-state index in [1.54, 1.807) is 24.3 Å². The quantitative estimate of drug-likeness (QED) is 0.223. The van der Waals surface area contributed by atoms with E-state index in [4.69, 9.17) is 16.3 Å². The third-order valence-electron chi connectivity index (χ3n) is 5.74. The summed E-state index contributed by atoms with van der Waals surface area (Å²) in [5.41, 5.74) is 1.32. The first kappa shape index (κ1) is 28.6.